The summed E-state index contributed by atoms with van der Waals surface area (Å²) in [5.41, 5.74) is 1.20. The molecule has 0 amide bonds. The van der Waals surface area contributed by atoms with Gasteiger partial charge >= 0.3 is 0 Å². The van der Waals surface area contributed by atoms with Crippen molar-refractivity contribution in [1.82, 2.24) is 0 Å². The summed E-state index contributed by atoms with van der Waals surface area (Å²) in [7, 11) is 0. The molecule has 0 spiro atoms. The Bertz CT molecular complexity index is 384. The van der Waals surface area contributed by atoms with E-state index in [0.717, 1.165) is 4.47 Å². The highest BCUT2D eigenvalue weighted by atomic mass is 79.9. The maximum Gasteiger partial charge on any atom is 0.210 e. The second kappa shape index (κ2) is 2.62. The molecule has 0 aliphatic carbocycles. The number of fused-ring (bicyclic) bond motifs is 1. The van der Waals surface area contributed by atoms with E-state index in [2.05, 4.69) is 32.5 Å². The second-order valence-electron chi connectivity index (χ2n) is 2.38. The van der Waals surface area contributed by atoms with Crippen molar-refractivity contribution in [2.75, 3.05) is 0 Å². The first-order valence-electron chi connectivity index (χ1n) is 3.42. The number of pyridine rings is 2. The molecule has 0 atom stereocenters. The van der Waals surface area contributed by atoms with Crippen molar-refractivity contribution in [2.24, 2.45) is 0 Å². The third kappa shape index (κ3) is 1.26. The second-order valence-corrected chi connectivity index (χ2v) is 3.30. The number of halogens is 1. The van der Waals surface area contributed by atoms with Gasteiger partial charge in [-0.15, -0.1) is 0 Å². The molecule has 0 unspecified atom stereocenters. The van der Waals surface area contributed by atoms with Crippen LogP contribution >= 0.6 is 15.9 Å². The van der Waals surface area contributed by atoms with Crippen LogP contribution in [0.25, 0.3) is 5.52 Å². The Balaban J connectivity index is 2.83. The van der Waals surface area contributed by atoms with Gasteiger partial charge in [-0.25, -0.2) is 0 Å². The largest absolute Gasteiger partial charge is 0.210 e. The molecule has 0 aliphatic rings. The number of nitrogens with zero attached hydrogens (tertiary/aromatic N) is 1. The molecule has 54 valence electrons. The Hall–Kier alpha value is -0.890. The topological polar surface area (TPSA) is 4.10 Å². The summed E-state index contributed by atoms with van der Waals surface area (Å²) in [5.74, 6) is 0. The Kier molecular flexibility index (Phi) is 1.62. The summed E-state index contributed by atoms with van der Waals surface area (Å²) in [5, 5.41) is 0. The molecule has 0 aliphatic heterocycles. The first kappa shape index (κ1) is 6.80. The maximum atomic E-state index is 3.41. The molecule has 2 rings (SSSR count). The summed E-state index contributed by atoms with van der Waals surface area (Å²) in [6, 6.07) is 10.2. The van der Waals surface area contributed by atoms with Gasteiger partial charge in [-0.1, -0.05) is 0 Å². The monoisotopic (exact) mass is 208 g/mol. The molecule has 0 saturated heterocycles. The average Bonchev–Trinajstić information content (AvgIpc) is 2.04. The van der Waals surface area contributed by atoms with Crippen LogP contribution in [0.4, 0.5) is 0 Å². The third-order valence-corrected chi connectivity index (χ3v) is 2.07. The molecular weight excluding hydrogens is 202 g/mol. The molecule has 2 aromatic heterocycles. The van der Waals surface area contributed by atoms with Gasteiger partial charge in [-0.2, -0.15) is 4.40 Å². The molecule has 0 radical (unpaired) electrons. The molecule has 2 aromatic rings. The standard InChI is InChI=1S/C9H7BrN/c10-8-4-5-9-3-1-2-6-11(9)7-8/h1-7H/q+1. The predicted octanol–water partition coefficient (Wildman–Crippen LogP) is 2.19. The van der Waals surface area contributed by atoms with Crippen molar-refractivity contribution in [3.8, 4) is 0 Å². The van der Waals surface area contributed by atoms with Gasteiger partial charge in [0.25, 0.3) is 0 Å². The molecule has 0 fully saturated rings. The van der Waals surface area contributed by atoms with E-state index in [-0.39, 0.29) is 0 Å². The van der Waals surface area contributed by atoms with E-state index in [0.29, 0.717) is 0 Å². The van der Waals surface area contributed by atoms with E-state index in [1.165, 1.54) is 5.52 Å². The lowest BCUT2D eigenvalue weighted by atomic mass is 10.3. The smallest absolute Gasteiger partial charge is 0.166 e. The fourth-order valence-electron chi connectivity index (χ4n) is 1.07. The number of hydrogen-bond acceptors (Lipinski definition) is 0. The molecular formula is C9H7BrN+. The van der Waals surface area contributed by atoms with E-state index >= 15 is 0 Å². The van der Waals surface area contributed by atoms with Crippen molar-refractivity contribution in [2.45, 2.75) is 0 Å². The van der Waals surface area contributed by atoms with Crippen LogP contribution in [0.1, 0.15) is 0 Å². The van der Waals surface area contributed by atoms with Crippen LogP contribution < -0.4 is 4.40 Å². The Morgan fingerprint density at radius 3 is 2.91 bits per heavy atom. The van der Waals surface area contributed by atoms with Crippen LogP contribution in [-0.2, 0) is 0 Å². The van der Waals surface area contributed by atoms with Crippen molar-refractivity contribution >= 4 is 21.4 Å². The maximum absolute atomic E-state index is 3.41. The fraction of sp³-hybridized carbons (Fsp3) is 0. The summed E-state index contributed by atoms with van der Waals surface area (Å²) < 4.78 is 3.17. The molecule has 1 nitrogen and oxygen atoms in total. The van der Waals surface area contributed by atoms with Crippen LogP contribution in [-0.4, -0.2) is 0 Å². The van der Waals surface area contributed by atoms with E-state index in [1.807, 2.05) is 30.6 Å². The molecule has 2 heterocycles. The lowest BCUT2D eigenvalue weighted by Gasteiger charge is -1.88. The number of aromatic nitrogens is 1. The predicted molar refractivity (Wildman–Crippen MR) is 47.3 cm³/mol. The minimum absolute atomic E-state index is 1.10. The van der Waals surface area contributed by atoms with E-state index in [4.69, 9.17) is 0 Å². The van der Waals surface area contributed by atoms with Crippen LogP contribution in [0, 0.1) is 0 Å². The first-order valence-corrected chi connectivity index (χ1v) is 4.21. The van der Waals surface area contributed by atoms with Gasteiger partial charge in [0.1, 0.15) is 0 Å². The SMILES string of the molecule is Brc1ccc2cccc[n+]2c1. The fourth-order valence-corrected chi connectivity index (χ4v) is 1.42. The normalized spacial score (nSPS) is 10.3. The van der Waals surface area contributed by atoms with E-state index < -0.39 is 0 Å². The zero-order chi connectivity index (χ0) is 7.68. The van der Waals surface area contributed by atoms with Crippen LogP contribution in [0.5, 0.6) is 0 Å². The lowest BCUT2D eigenvalue weighted by molar-refractivity contribution is -0.512. The number of hydrogen-bond donors (Lipinski definition) is 0. The molecule has 11 heavy (non-hydrogen) atoms. The Morgan fingerprint density at radius 1 is 1.09 bits per heavy atom. The van der Waals surface area contributed by atoms with Crippen LogP contribution in [0.2, 0.25) is 0 Å². The highest BCUT2D eigenvalue weighted by Gasteiger charge is 1.98. The number of rotatable bonds is 0. The highest BCUT2D eigenvalue weighted by molar-refractivity contribution is 9.10. The van der Waals surface area contributed by atoms with Gasteiger partial charge in [-0.05, 0) is 28.1 Å². The molecule has 0 bridgehead atoms. The van der Waals surface area contributed by atoms with E-state index in [1.54, 1.807) is 0 Å². The Morgan fingerprint density at radius 2 is 2.00 bits per heavy atom. The summed E-state index contributed by atoms with van der Waals surface area (Å²) >= 11 is 3.41. The summed E-state index contributed by atoms with van der Waals surface area (Å²) in [6.07, 6.45) is 4.06. The molecule has 0 saturated carbocycles. The first-order chi connectivity index (χ1) is 5.36. The highest BCUT2D eigenvalue weighted by Crippen LogP contribution is 2.06. The zero-order valence-corrected chi connectivity index (χ0v) is 7.45. The lowest BCUT2D eigenvalue weighted by Crippen LogP contribution is -2.19. The quantitative estimate of drug-likeness (QED) is 0.585. The van der Waals surface area contributed by atoms with Crippen molar-refractivity contribution < 1.29 is 4.40 Å². The molecule has 0 aromatic carbocycles. The van der Waals surface area contributed by atoms with Crippen molar-refractivity contribution in [3.05, 3.63) is 47.2 Å². The van der Waals surface area contributed by atoms with Crippen molar-refractivity contribution in [1.29, 1.82) is 0 Å². The van der Waals surface area contributed by atoms with Gasteiger partial charge in [-0.3, -0.25) is 0 Å². The minimum atomic E-state index is 1.10. The van der Waals surface area contributed by atoms with Gasteiger partial charge < -0.3 is 0 Å². The van der Waals surface area contributed by atoms with Gasteiger partial charge in [0.15, 0.2) is 12.4 Å². The van der Waals surface area contributed by atoms with Crippen LogP contribution in [0.15, 0.2) is 47.2 Å². The molecule has 2 heteroatoms. The minimum Gasteiger partial charge on any atom is -0.166 e. The Labute approximate surface area is 73.4 Å². The van der Waals surface area contributed by atoms with Crippen LogP contribution in [0.3, 0.4) is 0 Å². The third-order valence-electron chi connectivity index (χ3n) is 1.60. The van der Waals surface area contributed by atoms with Gasteiger partial charge in [0, 0.05) is 18.2 Å². The van der Waals surface area contributed by atoms with Gasteiger partial charge in [0.05, 0.1) is 4.47 Å². The molecule has 0 N–H and O–H groups in total. The average molecular weight is 209 g/mol. The summed E-state index contributed by atoms with van der Waals surface area (Å²) in [6.45, 7) is 0. The summed E-state index contributed by atoms with van der Waals surface area (Å²) in [4.78, 5) is 0. The van der Waals surface area contributed by atoms with Gasteiger partial charge in [0.2, 0.25) is 5.52 Å². The van der Waals surface area contributed by atoms with Crippen molar-refractivity contribution in [3.63, 3.8) is 0 Å². The van der Waals surface area contributed by atoms with E-state index in [9.17, 15) is 0 Å². The zero-order valence-electron chi connectivity index (χ0n) is 5.87.